The lowest BCUT2D eigenvalue weighted by atomic mass is 10.2. The third-order valence-electron chi connectivity index (χ3n) is 3.69. The van der Waals surface area contributed by atoms with Gasteiger partial charge >= 0.3 is 10.1 Å². The van der Waals surface area contributed by atoms with Crippen molar-refractivity contribution in [2.75, 3.05) is 0 Å². The smallest absolute Gasteiger partial charge is 0.265 e. The van der Waals surface area contributed by atoms with E-state index >= 15 is 0 Å². The molecule has 0 saturated heterocycles. The number of aryl methyl sites for hydroxylation is 2. The molecule has 0 spiro atoms. The van der Waals surface area contributed by atoms with Crippen LogP contribution in [0.2, 0.25) is 0 Å². The van der Waals surface area contributed by atoms with E-state index in [0.717, 1.165) is 21.6 Å². The summed E-state index contributed by atoms with van der Waals surface area (Å²) in [5.41, 5.74) is 2.82. The summed E-state index contributed by atoms with van der Waals surface area (Å²) < 4.78 is 29.8. The SMILES string of the molecule is Cc1ccc(S/C(=N\OS(=O)(=O)c2ccc(C)cc2)c2ccncc2)cc1. The number of benzene rings is 2. The van der Waals surface area contributed by atoms with Crippen LogP contribution in [0.15, 0.2) is 88.0 Å². The fraction of sp³-hybridized carbons (Fsp3) is 0.100. The molecule has 3 rings (SSSR count). The summed E-state index contributed by atoms with van der Waals surface area (Å²) in [6.45, 7) is 3.89. The molecular formula is C20H18N2O3S2. The average Bonchev–Trinajstić information content (AvgIpc) is 2.68. The summed E-state index contributed by atoms with van der Waals surface area (Å²) in [7, 11) is -4.00. The zero-order valence-electron chi connectivity index (χ0n) is 14.9. The van der Waals surface area contributed by atoms with E-state index in [1.807, 2.05) is 38.1 Å². The summed E-state index contributed by atoms with van der Waals surface area (Å²) in [4.78, 5) is 4.97. The highest BCUT2D eigenvalue weighted by molar-refractivity contribution is 8.14. The standard InChI is InChI=1S/C20H18N2O3S2/c1-15-3-7-18(8-4-15)26-20(17-11-13-21-14-12-17)22-25-27(23,24)19-9-5-16(2)6-10-19/h3-14H,1-2H3/b22-20-. The second kappa shape index (κ2) is 8.37. The summed E-state index contributed by atoms with van der Waals surface area (Å²) in [6.07, 6.45) is 3.24. The first kappa shape index (κ1) is 19.1. The molecule has 2 aromatic carbocycles. The van der Waals surface area contributed by atoms with Crippen LogP contribution in [0.1, 0.15) is 16.7 Å². The van der Waals surface area contributed by atoms with Crippen LogP contribution in [0.5, 0.6) is 0 Å². The Balaban J connectivity index is 1.90. The Bertz CT molecular complexity index is 1030. The molecule has 138 valence electrons. The Morgan fingerprint density at radius 2 is 1.44 bits per heavy atom. The highest BCUT2D eigenvalue weighted by atomic mass is 32.2. The number of hydrogen-bond acceptors (Lipinski definition) is 6. The first-order chi connectivity index (χ1) is 12.9. The predicted octanol–water partition coefficient (Wildman–Crippen LogP) is 4.56. The molecule has 0 atom stereocenters. The second-order valence-corrected chi connectivity index (χ2v) is 8.48. The largest absolute Gasteiger partial charge is 0.358 e. The van der Waals surface area contributed by atoms with Crippen LogP contribution in [0, 0.1) is 13.8 Å². The van der Waals surface area contributed by atoms with Crippen molar-refractivity contribution in [1.82, 2.24) is 4.98 Å². The fourth-order valence-electron chi connectivity index (χ4n) is 2.17. The lowest BCUT2D eigenvalue weighted by Gasteiger charge is -2.07. The number of hydrogen-bond donors (Lipinski definition) is 0. The molecule has 7 heteroatoms. The van der Waals surface area contributed by atoms with Crippen LogP contribution in [0.3, 0.4) is 0 Å². The van der Waals surface area contributed by atoms with Crippen molar-refractivity contribution in [2.45, 2.75) is 23.6 Å². The predicted molar refractivity (Wildman–Crippen MR) is 107 cm³/mol. The van der Waals surface area contributed by atoms with Gasteiger partial charge in [0.2, 0.25) is 0 Å². The Morgan fingerprint density at radius 3 is 2.04 bits per heavy atom. The van der Waals surface area contributed by atoms with Gasteiger partial charge < -0.3 is 0 Å². The maximum atomic E-state index is 12.4. The molecule has 0 amide bonds. The van der Waals surface area contributed by atoms with E-state index in [4.69, 9.17) is 4.28 Å². The minimum absolute atomic E-state index is 0.0614. The van der Waals surface area contributed by atoms with Crippen molar-refractivity contribution < 1.29 is 12.7 Å². The Morgan fingerprint density at radius 1 is 0.889 bits per heavy atom. The van der Waals surface area contributed by atoms with Crippen LogP contribution in [0.25, 0.3) is 0 Å². The van der Waals surface area contributed by atoms with Gasteiger partial charge in [-0.3, -0.25) is 9.27 Å². The molecule has 0 N–H and O–H groups in total. The van der Waals surface area contributed by atoms with Crippen molar-refractivity contribution in [3.63, 3.8) is 0 Å². The van der Waals surface area contributed by atoms with E-state index in [2.05, 4.69) is 10.1 Å². The zero-order chi connectivity index (χ0) is 19.3. The molecule has 0 unspecified atom stereocenters. The summed E-state index contributed by atoms with van der Waals surface area (Å²) in [5, 5.41) is 4.37. The van der Waals surface area contributed by atoms with Gasteiger partial charge in [0.1, 0.15) is 9.94 Å². The molecular weight excluding hydrogens is 380 g/mol. The first-order valence-corrected chi connectivity index (χ1v) is 10.4. The van der Waals surface area contributed by atoms with Crippen molar-refractivity contribution in [2.24, 2.45) is 5.16 Å². The number of aromatic nitrogens is 1. The molecule has 1 heterocycles. The number of thioether (sulfide) groups is 1. The van der Waals surface area contributed by atoms with Gasteiger partial charge in [0, 0.05) is 22.9 Å². The van der Waals surface area contributed by atoms with E-state index in [1.165, 1.54) is 23.9 Å². The molecule has 0 radical (unpaired) electrons. The van der Waals surface area contributed by atoms with Gasteiger partial charge in [-0.25, -0.2) is 0 Å². The highest BCUT2D eigenvalue weighted by Gasteiger charge is 2.17. The molecule has 5 nitrogen and oxygen atoms in total. The van der Waals surface area contributed by atoms with Crippen LogP contribution < -0.4 is 0 Å². The van der Waals surface area contributed by atoms with Crippen LogP contribution in [-0.2, 0) is 14.4 Å². The van der Waals surface area contributed by atoms with Crippen LogP contribution >= 0.6 is 11.8 Å². The topological polar surface area (TPSA) is 68.6 Å². The van der Waals surface area contributed by atoms with E-state index in [1.54, 1.807) is 36.7 Å². The molecule has 27 heavy (non-hydrogen) atoms. The van der Waals surface area contributed by atoms with E-state index in [9.17, 15) is 8.42 Å². The lowest BCUT2D eigenvalue weighted by Crippen LogP contribution is -2.05. The number of oxime groups is 1. The minimum atomic E-state index is -4.00. The monoisotopic (exact) mass is 398 g/mol. The van der Waals surface area contributed by atoms with Gasteiger partial charge in [-0.2, -0.15) is 8.42 Å². The summed E-state index contributed by atoms with van der Waals surface area (Å²) >= 11 is 1.32. The van der Waals surface area contributed by atoms with Crippen molar-refractivity contribution in [3.05, 3.63) is 89.7 Å². The third-order valence-corrected chi connectivity index (χ3v) is 5.82. The third kappa shape index (κ3) is 5.18. The number of nitrogens with zero attached hydrogens (tertiary/aromatic N) is 2. The van der Waals surface area contributed by atoms with Gasteiger partial charge in [-0.05, 0) is 50.2 Å². The Kier molecular flexibility index (Phi) is 5.93. The zero-order valence-corrected chi connectivity index (χ0v) is 16.5. The van der Waals surface area contributed by atoms with Crippen molar-refractivity contribution in [1.29, 1.82) is 0 Å². The molecule has 0 aliphatic carbocycles. The van der Waals surface area contributed by atoms with Crippen molar-refractivity contribution in [3.8, 4) is 0 Å². The number of rotatable bonds is 5. The normalized spacial score (nSPS) is 12.0. The van der Waals surface area contributed by atoms with Crippen molar-refractivity contribution >= 4 is 26.9 Å². The molecule has 0 bridgehead atoms. The molecule has 0 aliphatic rings. The molecule has 0 fully saturated rings. The van der Waals surface area contributed by atoms with E-state index in [-0.39, 0.29) is 4.90 Å². The maximum absolute atomic E-state index is 12.4. The van der Waals surface area contributed by atoms with E-state index < -0.39 is 10.1 Å². The van der Waals surface area contributed by atoms with Crippen LogP contribution in [0.4, 0.5) is 0 Å². The molecule has 3 aromatic rings. The summed E-state index contributed by atoms with van der Waals surface area (Å²) in [5.74, 6) is 0. The Labute approximate surface area is 163 Å². The first-order valence-electron chi connectivity index (χ1n) is 8.17. The highest BCUT2D eigenvalue weighted by Crippen LogP contribution is 2.25. The lowest BCUT2D eigenvalue weighted by molar-refractivity contribution is 0.340. The average molecular weight is 399 g/mol. The quantitative estimate of drug-likeness (QED) is 0.273. The van der Waals surface area contributed by atoms with E-state index in [0.29, 0.717) is 5.04 Å². The van der Waals surface area contributed by atoms with Gasteiger partial charge in [0.25, 0.3) is 0 Å². The number of pyridine rings is 1. The van der Waals surface area contributed by atoms with Gasteiger partial charge in [-0.15, -0.1) is 0 Å². The molecule has 0 aliphatic heterocycles. The Hall–Kier alpha value is -2.64. The fourth-order valence-corrected chi connectivity index (χ4v) is 3.77. The minimum Gasteiger partial charge on any atom is -0.265 e. The maximum Gasteiger partial charge on any atom is 0.358 e. The van der Waals surface area contributed by atoms with Gasteiger partial charge in [0.15, 0.2) is 0 Å². The molecule has 1 aromatic heterocycles. The second-order valence-electron chi connectivity index (χ2n) is 5.89. The van der Waals surface area contributed by atoms with Gasteiger partial charge in [-0.1, -0.05) is 52.3 Å². The summed E-state index contributed by atoms with van der Waals surface area (Å²) in [6, 6.07) is 17.8. The van der Waals surface area contributed by atoms with Crippen LogP contribution in [-0.4, -0.2) is 18.4 Å². The molecule has 0 saturated carbocycles. The van der Waals surface area contributed by atoms with Gasteiger partial charge in [0.05, 0.1) is 0 Å².